The molecule has 0 aliphatic heterocycles. The number of carbonyl (C=O) groups is 2. The van der Waals surface area contributed by atoms with Crippen LogP contribution in [0.2, 0.25) is 0 Å². The Hall–Kier alpha value is -1.47. The summed E-state index contributed by atoms with van der Waals surface area (Å²) in [6.07, 6.45) is -6.95. The summed E-state index contributed by atoms with van der Waals surface area (Å²) in [5.41, 5.74) is 1.47. The first-order chi connectivity index (χ1) is 7.00. The van der Waals surface area contributed by atoms with Crippen molar-refractivity contribution in [1.29, 1.82) is 0 Å². The zero-order valence-corrected chi connectivity index (χ0v) is 9.01. The normalized spacial score (nSPS) is 15.4. The van der Waals surface area contributed by atoms with Gasteiger partial charge in [-0.3, -0.25) is 10.1 Å². The summed E-state index contributed by atoms with van der Waals surface area (Å²) in [5, 5.41) is 1.40. The Morgan fingerprint density at radius 1 is 1.31 bits per heavy atom. The standard InChI is InChI=1S/C8H13F3N2O3/c1-4(2)16-6(15)13-7(3,5(12)14)8(9,10)11/h4H,1-3H3,(H2,12,14)(H,13,15). The number of hydrogen-bond donors (Lipinski definition) is 2. The molecule has 3 N–H and O–H groups in total. The largest absolute Gasteiger partial charge is 0.447 e. The molecule has 0 aromatic heterocycles. The summed E-state index contributed by atoms with van der Waals surface area (Å²) in [5.74, 6) is -1.71. The van der Waals surface area contributed by atoms with Gasteiger partial charge in [0.05, 0.1) is 6.10 Å². The molecule has 0 bridgehead atoms. The van der Waals surface area contributed by atoms with Crippen LogP contribution in [0.5, 0.6) is 0 Å². The lowest BCUT2D eigenvalue weighted by atomic mass is 10.0. The van der Waals surface area contributed by atoms with Crippen LogP contribution in [0.4, 0.5) is 18.0 Å². The molecule has 0 aromatic rings. The first kappa shape index (κ1) is 14.5. The van der Waals surface area contributed by atoms with Gasteiger partial charge in [0.15, 0.2) is 0 Å². The van der Waals surface area contributed by atoms with Crippen LogP contribution >= 0.6 is 0 Å². The molecule has 1 unspecified atom stereocenters. The number of nitrogens with two attached hydrogens (primary N) is 1. The molecule has 8 heteroatoms. The van der Waals surface area contributed by atoms with E-state index in [0.717, 1.165) is 0 Å². The maximum absolute atomic E-state index is 12.5. The molecule has 0 radical (unpaired) electrons. The SMILES string of the molecule is CC(C)OC(=O)NC(C)(C(N)=O)C(F)(F)F. The van der Waals surface area contributed by atoms with Crippen molar-refractivity contribution in [3.63, 3.8) is 0 Å². The van der Waals surface area contributed by atoms with Crippen LogP contribution < -0.4 is 11.1 Å². The molecule has 0 saturated heterocycles. The third-order valence-corrected chi connectivity index (χ3v) is 1.75. The molecular formula is C8H13F3N2O3. The fourth-order valence-corrected chi connectivity index (χ4v) is 0.720. The molecule has 5 nitrogen and oxygen atoms in total. The predicted molar refractivity (Wildman–Crippen MR) is 48.4 cm³/mol. The van der Waals surface area contributed by atoms with E-state index >= 15 is 0 Å². The Morgan fingerprint density at radius 3 is 2.00 bits per heavy atom. The second-order valence-corrected chi connectivity index (χ2v) is 3.57. The third-order valence-electron chi connectivity index (χ3n) is 1.75. The van der Waals surface area contributed by atoms with Crippen molar-refractivity contribution < 1.29 is 27.5 Å². The van der Waals surface area contributed by atoms with E-state index in [1.54, 1.807) is 0 Å². The lowest BCUT2D eigenvalue weighted by Gasteiger charge is -2.29. The van der Waals surface area contributed by atoms with Crippen LogP contribution in [0.1, 0.15) is 20.8 Å². The number of primary amides is 1. The van der Waals surface area contributed by atoms with E-state index in [1.807, 2.05) is 0 Å². The molecule has 0 rings (SSSR count). The molecule has 0 fully saturated rings. The summed E-state index contributed by atoms with van der Waals surface area (Å²) in [6, 6.07) is 0. The number of alkyl carbamates (subject to hydrolysis) is 1. The highest BCUT2D eigenvalue weighted by Crippen LogP contribution is 2.29. The average Bonchev–Trinajstić information content (AvgIpc) is 1.99. The number of amides is 2. The van der Waals surface area contributed by atoms with E-state index in [9.17, 15) is 22.8 Å². The van der Waals surface area contributed by atoms with Gasteiger partial charge in [-0.1, -0.05) is 0 Å². The Kier molecular flexibility index (Phi) is 4.16. The second-order valence-electron chi connectivity index (χ2n) is 3.57. The molecule has 0 aliphatic carbocycles. The van der Waals surface area contributed by atoms with E-state index < -0.39 is 29.8 Å². The minimum atomic E-state index is -4.99. The van der Waals surface area contributed by atoms with Crippen LogP contribution in [0.3, 0.4) is 0 Å². The lowest BCUT2D eigenvalue weighted by Crippen LogP contribution is -2.64. The van der Waals surface area contributed by atoms with Crippen molar-refractivity contribution in [2.75, 3.05) is 0 Å². The highest BCUT2D eigenvalue weighted by molar-refractivity contribution is 5.89. The van der Waals surface area contributed by atoms with E-state index in [0.29, 0.717) is 6.92 Å². The van der Waals surface area contributed by atoms with Crippen LogP contribution in [0, 0.1) is 0 Å². The molecule has 0 saturated carbocycles. The molecule has 16 heavy (non-hydrogen) atoms. The molecular weight excluding hydrogens is 229 g/mol. The quantitative estimate of drug-likeness (QED) is 0.772. The molecule has 1 atom stereocenters. The minimum absolute atomic E-state index is 0.469. The number of halogens is 3. The fourth-order valence-electron chi connectivity index (χ4n) is 0.720. The van der Waals surface area contributed by atoms with Gasteiger partial charge in [-0.05, 0) is 20.8 Å². The van der Waals surface area contributed by atoms with Gasteiger partial charge in [0.25, 0.3) is 5.91 Å². The van der Waals surface area contributed by atoms with Crippen molar-refractivity contribution in [3.05, 3.63) is 0 Å². The zero-order valence-electron chi connectivity index (χ0n) is 9.01. The second kappa shape index (κ2) is 4.58. The Balaban J connectivity index is 4.85. The van der Waals surface area contributed by atoms with Gasteiger partial charge in [0.1, 0.15) is 0 Å². The van der Waals surface area contributed by atoms with Gasteiger partial charge in [-0.25, -0.2) is 4.79 Å². The van der Waals surface area contributed by atoms with Crippen molar-refractivity contribution in [2.24, 2.45) is 5.73 Å². The van der Waals surface area contributed by atoms with Crippen molar-refractivity contribution in [2.45, 2.75) is 38.6 Å². The highest BCUT2D eigenvalue weighted by atomic mass is 19.4. The average molecular weight is 242 g/mol. The van der Waals surface area contributed by atoms with Gasteiger partial charge in [-0.15, -0.1) is 0 Å². The fraction of sp³-hybridized carbons (Fsp3) is 0.750. The van der Waals surface area contributed by atoms with Crippen molar-refractivity contribution in [3.8, 4) is 0 Å². The summed E-state index contributed by atoms with van der Waals surface area (Å²) in [4.78, 5) is 21.7. The molecule has 94 valence electrons. The lowest BCUT2D eigenvalue weighted by molar-refractivity contribution is -0.192. The van der Waals surface area contributed by atoms with Crippen molar-refractivity contribution in [1.82, 2.24) is 5.32 Å². The summed E-state index contributed by atoms with van der Waals surface area (Å²) in [7, 11) is 0. The smallest absolute Gasteiger partial charge is 0.420 e. The maximum Gasteiger partial charge on any atom is 0.420 e. The first-order valence-electron chi connectivity index (χ1n) is 4.36. The number of alkyl halides is 3. The monoisotopic (exact) mass is 242 g/mol. The van der Waals surface area contributed by atoms with Gasteiger partial charge in [-0.2, -0.15) is 13.2 Å². The molecule has 0 aliphatic rings. The number of carbonyl (C=O) groups excluding carboxylic acids is 2. The predicted octanol–water partition coefficient (Wildman–Crippen LogP) is 0.927. The molecule has 0 heterocycles. The van der Waals surface area contributed by atoms with Crippen LogP contribution in [-0.2, 0) is 9.53 Å². The Morgan fingerprint density at radius 2 is 1.75 bits per heavy atom. The van der Waals surface area contributed by atoms with Gasteiger partial charge in [0, 0.05) is 0 Å². The third kappa shape index (κ3) is 3.28. The number of rotatable bonds is 3. The molecule has 0 aromatic carbocycles. The van der Waals surface area contributed by atoms with Gasteiger partial charge in [0.2, 0.25) is 5.54 Å². The summed E-state index contributed by atoms with van der Waals surface area (Å²) >= 11 is 0. The number of ether oxygens (including phenoxy) is 1. The van der Waals surface area contributed by atoms with E-state index in [2.05, 4.69) is 10.5 Å². The molecule has 0 spiro atoms. The Labute approximate surface area is 90.1 Å². The van der Waals surface area contributed by atoms with Crippen molar-refractivity contribution >= 4 is 12.0 Å². The number of hydrogen-bond acceptors (Lipinski definition) is 3. The van der Waals surface area contributed by atoms with E-state index in [1.165, 1.54) is 19.2 Å². The van der Waals surface area contributed by atoms with Crippen LogP contribution in [0.25, 0.3) is 0 Å². The van der Waals surface area contributed by atoms with Gasteiger partial charge < -0.3 is 10.5 Å². The maximum atomic E-state index is 12.5. The highest BCUT2D eigenvalue weighted by Gasteiger charge is 2.57. The number of nitrogens with one attached hydrogen (secondary N) is 1. The Bertz CT molecular complexity index is 291. The van der Waals surface area contributed by atoms with E-state index in [-0.39, 0.29) is 0 Å². The minimum Gasteiger partial charge on any atom is -0.447 e. The van der Waals surface area contributed by atoms with E-state index in [4.69, 9.17) is 0 Å². The zero-order chi connectivity index (χ0) is 13.1. The van der Waals surface area contributed by atoms with Gasteiger partial charge >= 0.3 is 12.3 Å². The molecule has 2 amide bonds. The van der Waals surface area contributed by atoms with Crippen LogP contribution in [0.15, 0.2) is 0 Å². The van der Waals surface area contributed by atoms with Crippen LogP contribution in [-0.4, -0.2) is 29.8 Å². The summed E-state index contributed by atoms with van der Waals surface area (Å²) < 4.78 is 41.9. The summed E-state index contributed by atoms with van der Waals surface area (Å²) in [6.45, 7) is 3.38. The first-order valence-corrected chi connectivity index (χ1v) is 4.36. The topological polar surface area (TPSA) is 81.4 Å².